The summed E-state index contributed by atoms with van der Waals surface area (Å²) < 4.78 is 9.08. The van der Waals surface area contributed by atoms with Crippen LogP contribution in [0.5, 0.6) is 0 Å². The Labute approximate surface area is 75.3 Å². The summed E-state index contributed by atoms with van der Waals surface area (Å²) in [4.78, 5) is 25.2. The Morgan fingerprint density at radius 3 is 2.15 bits per heavy atom. The molecule has 1 unspecified atom stereocenters. The number of esters is 1. The van der Waals surface area contributed by atoms with Gasteiger partial charge in [-0.1, -0.05) is 0 Å². The van der Waals surface area contributed by atoms with Crippen LogP contribution in [-0.4, -0.2) is 36.5 Å². The van der Waals surface area contributed by atoms with Gasteiger partial charge in [-0.15, -0.1) is 0 Å². The predicted octanol–water partition coefficient (Wildman–Crippen LogP) is -0.0292. The standard InChI is InChI=1S/C7H12O6/c1-5(8)7(11-3,13-10)4-12-6(2)9/h10H,4H2,1-3H3. The molecule has 0 aromatic carbocycles. The monoisotopic (exact) mass is 192 g/mol. The van der Waals surface area contributed by atoms with E-state index in [0.29, 0.717) is 0 Å². The zero-order chi connectivity index (χ0) is 10.5. The molecule has 0 aromatic rings. The molecule has 0 amide bonds. The van der Waals surface area contributed by atoms with Crippen molar-refractivity contribution in [2.75, 3.05) is 13.7 Å². The minimum Gasteiger partial charge on any atom is -0.459 e. The van der Waals surface area contributed by atoms with Gasteiger partial charge in [0.15, 0.2) is 12.4 Å². The van der Waals surface area contributed by atoms with Gasteiger partial charge >= 0.3 is 5.97 Å². The number of hydrogen-bond donors (Lipinski definition) is 1. The molecule has 0 spiro atoms. The molecule has 0 rings (SSSR count). The summed E-state index contributed by atoms with van der Waals surface area (Å²) in [6.45, 7) is 1.83. The maximum atomic E-state index is 10.9. The minimum atomic E-state index is -1.91. The van der Waals surface area contributed by atoms with Crippen LogP contribution in [0.2, 0.25) is 0 Å². The van der Waals surface area contributed by atoms with E-state index >= 15 is 0 Å². The summed E-state index contributed by atoms with van der Waals surface area (Å²) in [6, 6.07) is 0. The molecule has 0 aliphatic heterocycles. The normalized spacial score (nSPS) is 14.8. The van der Waals surface area contributed by atoms with E-state index in [1.807, 2.05) is 0 Å². The highest BCUT2D eigenvalue weighted by molar-refractivity contribution is 5.83. The fourth-order valence-corrected chi connectivity index (χ4v) is 0.629. The molecule has 1 atom stereocenters. The SMILES string of the molecule is COC(COC(C)=O)(OO)C(C)=O. The molecule has 0 saturated carbocycles. The maximum Gasteiger partial charge on any atom is 0.302 e. The number of ether oxygens (including phenoxy) is 2. The van der Waals surface area contributed by atoms with Crippen LogP contribution >= 0.6 is 0 Å². The predicted molar refractivity (Wildman–Crippen MR) is 40.8 cm³/mol. The van der Waals surface area contributed by atoms with Crippen molar-refractivity contribution in [1.29, 1.82) is 0 Å². The minimum absolute atomic E-state index is 0.481. The second-order valence-corrected chi connectivity index (χ2v) is 2.38. The fourth-order valence-electron chi connectivity index (χ4n) is 0.629. The fraction of sp³-hybridized carbons (Fsp3) is 0.714. The van der Waals surface area contributed by atoms with E-state index in [1.165, 1.54) is 0 Å². The lowest BCUT2D eigenvalue weighted by Gasteiger charge is -2.24. The zero-order valence-corrected chi connectivity index (χ0v) is 7.70. The van der Waals surface area contributed by atoms with E-state index < -0.39 is 24.1 Å². The molecule has 0 aliphatic carbocycles. The summed E-state index contributed by atoms with van der Waals surface area (Å²) in [5.41, 5.74) is 0. The van der Waals surface area contributed by atoms with Crippen LogP contribution in [0.25, 0.3) is 0 Å². The first-order chi connectivity index (χ1) is 5.98. The molecule has 0 aliphatic rings. The third kappa shape index (κ3) is 3.10. The Bertz CT molecular complexity index is 195. The van der Waals surface area contributed by atoms with Gasteiger partial charge in [0.25, 0.3) is 5.79 Å². The summed E-state index contributed by atoms with van der Waals surface area (Å²) in [7, 11) is 1.15. The molecule has 1 N–H and O–H groups in total. The van der Waals surface area contributed by atoms with E-state index in [9.17, 15) is 9.59 Å². The van der Waals surface area contributed by atoms with Gasteiger partial charge in [-0.25, -0.2) is 5.26 Å². The van der Waals surface area contributed by atoms with Crippen molar-refractivity contribution in [2.24, 2.45) is 0 Å². The van der Waals surface area contributed by atoms with E-state index in [4.69, 9.17) is 5.26 Å². The molecule has 6 nitrogen and oxygen atoms in total. The lowest BCUT2D eigenvalue weighted by molar-refractivity contribution is -0.386. The van der Waals surface area contributed by atoms with Crippen molar-refractivity contribution < 1.29 is 29.2 Å². The number of rotatable bonds is 5. The smallest absolute Gasteiger partial charge is 0.302 e. The van der Waals surface area contributed by atoms with Gasteiger partial charge < -0.3 is 9.47 Å². The summed E-state index contributed by atoms with van der Waals surface area (Å²) in [5.74, 6) is -3.11. The van der Waals surface area contributed by atoms with Gasteiger partial charge in [-0.3, -0.25) is 9.59 Å². The van der Waals surface area contributed by atoms with Crippen LogP contribution in [0.3, 0.4) is 0 Å². The highest BCUT2D eigenvalue weighted by atomic mass is 17.1. The Morgan fingerprint density at radius 2 is 1.92 bits per heavy atom. The molecular weight excluding hydrogens is 180 g/mol. The molecule has 76 valence electrons. The van der Waals surface area contributed by atoms with Gasteiger partial charge in [-0.05, 0) is 0 Å². The maximum absolute atomic E-state index is 10.9. The highest BCUT2D eigenvalue weighted by Gasteiger charge is 2.39. The average molecular weight is 192 g/mol. The number of carbonyl (C=O) groups excluding carboxylic acids is 2. The zero-order valence-electron chi connectivity index (χ0n) is 7.70. The van der Waals surface area contributed by atoms with Crippen LogP contribution in [0.15, 0.2) is 0 Å². The lowest BCUT2D eigenvalue weighted by Crippen LogP contribution is -2.46. The molecule has 6 heteroatoms. The number of methoxy groups -OCH3 is 1. The highest BCUT2D eigenvalue weighted by Crippen LogP contribution is 2.12. The van der Waals surface area contributed by atoms with Crippen molar-refractivity contribution in [3.8, 4) is 0 Å². The second-order valence-electron chi connectivity index (χ2n) is 2.38. The third-order valence-corrected chi connectivity index (χ3v) is 1.48. The number of hydrogen-bond acceptors (Lipinski definition) is 6. The molecule has 0 fully saturated rings. The third-order valence-electron chi connectivity index (χ3n) is 1.48. The van der Waals surface area contributed by atoms with E-state index in [2.05, 4.69) is 14.4 Å². The van der Waals surface area contributed by atoms with Crippen molar-refractivity contribution >= 4 is 11.8 Å². The average Bonchev–Trinajstić information content (AvgIpc) is 2.06. The van der Waals surface area contributed by atoms with E-state index in [-0.39, 0.29) is 0 Å². The molecule has 0 heterocycles. The number of ketones is 1. The molecule has 13 heavy (non-hydrogen) atoms. The van der Waals surface area contributed by atoms with Crippen molar-refractivity contribution in [3.63, 3.8) is 0 Å². The van der Waals surface area contributed by atoms with Crippen molar-refractivity contribution in [1.82, 2.24) is 0 Å². The number of Topliss-reactive ketones (excluding diaryl/α,β-unsaturated/α-hetero) is 1. The molecule has 0 bridgehead atoms. The van der Waals surface area contributed by atoms with Gasteiger partial charge in [0.05, 0.1) is 0 Å². The Kier molecular flexibility index (Phi) is 4.53. The first-order valence-corrected chi connectivity index (χ1v) is 3.50. The Balaban J connectivity index is 4.39. The van der Waals surface area contributed by atoms with E-state index in [0.717, 1.165) is 21.0 Å². The van der Waals surface area contributed by atoms with Gasteiger partial charge in [0, 0.05) is 21.0 Å². The van der Waals surface area contributed by atoms with Crippen LogP contribution in [0.1, 0.15) is 13.8 Å². The second kappa shape index (κ2) is 4.90. The molecular formula is C7H12O6. The summed E-state index contributed by atoms with van der Waals surface area (Å²) in [6.07, 6.45) is 0. The van der Waals surface area contributed by atoms with Crippen molar-refractivity contribution in [3.05, 3.63) is 0 Å². The number of carbonyl (C=O) groups is 2. The molecule has 0 aromatic heterocycles. The van der Waals surface area contributed by atoms with Crippen LogP contribution < -0.4 is 0 Å². The van der Waals surface area contributed by atoms with Crippen LogP contribution in [-0.2, 0) is 24.0 Å². The first kappa shape index (κ1) is 12.0. The Morgan fingerprint density at radius 1 is 1.38 bits per heavy atom. The topological polar surface area (TPSA) is 82.1 Å². The van der Waals surface area contributed by atoms with Gasteiger partial charge in [0.2, 0.25) is 0 Å². The molecule has 0 radical (unpaired) electrons. The van der Waals surface area contributed by atoms with Gasteiger partial charge in [0.1, 0.15) is 0 Å². The largest absolute Gasteiger partial charge is 0.459 e. The first-order valence-electron chi connectivity index (χ1n) is 3.50. The van der Waals surface area contributed by atoms with Crippen molar-refractivity contribution in [2.45, 2.75) is 19.6 Å². The summed E-state index contributed by atoms with van der Waals surface area (Å²) >= 11 is 0. The summed E-state index contributed by atoms with van der Waals surface area (Å²) in [5, 5.41) is 8.42. The van der Waals surface area contributed by atoms with E-state index in [1.54, 1.807) is 0 Å². The van der Waals surface area contributed by atoms with Crippen LogP contribution in [0.4, 0.5) is 0 Å². The van der Waals surface area contributed by atoms with Gasteiger partial charge in [-0.2, -0.15) is 4.89 Å². The quantitative estimate of drug-likeness (QED) is 0.285. The Hall–Kier alpha value is -0.980. The van der Waals surface area contributed by atoms with Crippen LogP contribution in [0, 0.1) is 0 Å². The lowest BCUT2D eigenvalue weighted by atomic mass is 10.2. The molecule has 0 saturated heterocycles.